The Morgan fingerprint density at radius 1 is 1.13 bits per heavy atom. The van der Waals surface area contributed by atoms with Gasteiger partial charge in [-0.2, -0.15) is 13.2 Å². The monoisotopic (exact) mass is 336 g/mol. The van der Waals surface area contributed by atoms with Crippen molar-refractivity contribution in [2.75, 3.05) is 33.8 Å². The number of likely N-dealkylation sites (N-methyl/N-ethyl adjacent to an activating group) is 1. The van der Waals surface area contributed by atoms with Crippen molar-refractivity contribution in [1.29, 1.82) is 0 Å². The average molecular weight is 336 g/mol. The van der Waals surface area contributed by atoms with Gasteiger partial charge in [0.15, 0.2) is 18.2 Å². The minimum atomic E-state index is -4.67. The quantitative estimate of drug-likeness (QED) is 0.743. The lowest BCUT2D eigenvalue weighted by atomic mass is 10.3. The first-order valence-corrected chi connectivity index (χ1v) is 6.52. The lowest BCUT2D eigenvalue weighted by Gasteiger charge is -2.24. The lowest BCUT2D eigenvalue weighted by Crippen LogP contribution is -2.46. The second-order valence-electron chi connectivity index (χ2n) is 4.87. The van der Waals surface area contributed by atoms with Crippen molar-refractivity contribution in [2.45, 2.75) is 6.18 Å². The third kappa shape index (κ3) is 6.54. The van der Waals surface area contributed by atoms with Gasteiger partial charge in [0.1, 0.15) is 13.1 Å². The predicted octanol–water partition coefficient (Wildman–Crippen LogP) is 1.68. The van der Waals surface area contributed by atoms with E-state index in [0.29, 0.717) is 4.90 Å². The minimum Gasteiger partial charge on any atom is -0.481 e. The molecule has 0 spiro atoms. The van der Waals surface area contributed by atoms with E-state index in [9.17, 15) is 27.2 Å². The Balaban J connectivity index is 2.74. The summed E-state index contributed by atoms with van der Waals surface area (Å²) < 4.78 is 55.8. The Morgan fingerprint density at radius 3 is 2.26 bits per heavy atom. The van der Waals surface area contributed by atoms with Crippen LogP contribution in [0.2, 0.25) is 0 Å². The van der Waals surface area contributed by atoms with Gasteiger partial charge in [0.25, 0.3) is 5.91 Å². The van der Waals surface area contributed by atoms with Crippen LogP contribution in [0.25, 0.3) is 0 Å². The number of benzene rings is 1. The molecule has 0 aliphatic heterocycles. The van der Waals surface area contributed by atoms with Gasteiger partial charge in [-0.25, -0.2) is 4.39 Å². The first-order chi connectivity index (χ1) is 10.6. The third-order valence-corrected chi connectivity index (χ3v) is 2.74. The molecule has 5 nitrogen and oxygen atoms in total. The summed E-state index contributed by atoms with van der Waals surface area (Å²) in [6.07, 6.45) is -4.67. The Bertz CT molecular complexity index is 561. The molecule has 128 valence electrons. The third-order valence-electron chi connectivity index (χ3n) is 2.74. The van der Waals surface area contributed by atoms with E-state index in [-0.39, 0.29) is 5.75 Å². The smallest absolute Gasteiger partial charge is 0.406 e. The fourth-order valence-electron chi connectivity index (χ4n) is 1.55. The number of para-hydroxylation sites is 1. The SMILES string of the molecule is CN(C)C(=O)CN(CC(F)(F)F)C(=O)COc1ccccc1F. The topological polar surface area (TPSA) is 49.9 Å². The molecule has 1 rings (SSSR count). The van der Waals surface area contributed by atoms with E-state index < -0.39 is 43.5 Å². The summed E-state index contributed by atoms with van der Waals surface area (Å²) in [6.45, 7) is -3.14. The number of carbonyl (C=O) groups excluding carboxylic acids is 2. The highest BCUT2D eigenvalue weighted by atomic mass is 19.4. The Kier molecular flexibility index (Phi) is 6.35. The van der Waals surface area contributed by atoms with Gasteiger partial charge in [-0.05, 0) is 12.1 Å². The number of alkyl halides is 3. The molecule has 1 aromatic rings. The van der Waals surface area contributed by atoms with Crippen molar-refractivity contribution in [1.82, 2.24) is 9.80 Å². The van der Waals surface area contributed by atoms with Crippen LogP contribution in [0.4, 0.5) is 17.6 Å². The number of halogens is 4. The number of hydrogen-bond acceptors (Lipinski definition) is 3. The van der Waals surface area contributed by atoms with Gasteiger partial charge in [0, 0.05) is 14.1 Å². The zero-order valence-corrected chi connectivity index (χ0v) is 12.6. The zero-order chi connectivity index (χ0) is 17.6. The van der Waals surface area contributed by atoms with Crippen LogP contribution in [0.15, 0.2) is 24.3 Å². The van der Waals surface area contributed by atoms with Gasteiger partial charge in [-0.1, -0.05) is 12.1 Å². The van der Waals surface area contributed by atoms with E-state index in [1.54, 1.807) is 0 Å². The molecule has 0 aliphatic carbocycles. The fourth-order valence-corrected chi connectivity index (χ4v) is 1.55. The van der Waals surface area contributed by atoms with E-state index in [4.69, 9.17) is 4.74 Å². The van der Waals surface area contributed by atoms with Crippen molar-refractivity contribution in [3.05, 3.63) is 30.1 Å². The molecule has 0 aliphatic rings. The van der Waals surface area contributed by atoms with Crippen LogP contribution in [-0.4, -0.2) is 61.6 Å². The number of ether oxygens (including phenoxy) is 1. The molecule has 0 aromatic heterocycles. The van der Waals surface area contributed by atoms with Gasteiger partial charge in [0.05, 0.1) is 0 Å². The van der Waals surface area contributed by atoms with E-state index in [1.807, 2.05) is 0 Å². The highest BCUT2D eigenvalue weighted by Crippen LogP contribution is 2.18. The van der Waals surface area contributed by atoms with E-state index in [2.05, 4.69) is 0 Å². The first-order valence-electron chi connectivity index (χ1n) is 6.52. The molecule has 0 fully saturated rings. The zero-order valence-electron chi connectivity index (χ0n) is 12.6. The molecule has 0 unspecified atom stereocenters. The molecule has 0 bridgehead atoms. The van der Waals surface area contributed by atoms with Crippen LogP contribution >= 0.6 is 0 Å². The maximum absolute atomic E-state index is 13.3. The molecule has 0 radical (unpaired) electrons. The summed E-state index contributed by atoms with van der Waals surface area (Å²) in [5.41, 5.74) is 0. The Labute approximate surface area is 130 Å². The second kappa shape index (κ2) is 7.80. The standard InChI is InChI=1S/C14H16F4N2O3/c1-19(2)12(21)7-20(9-14(16,17)18)13(22)8-23-11-6-4-3-5-10(11)15/h3-6H,7-9H2,1-2H3. The largest absolute Gasteiger partial charge is 0.481 e. The van der Waals surface area contributed by atoms with Crippen LogP contribution in [-0.2, 0) is 9.59 Å². The number of nitrogens with zero attached hydrogens (tertiary/aromatic N) is 2. The van der Waals surface area contributed by atoms with Crippen LogP contribution in [0.1, 0.15) is 0 Å². The van der Waals surface area contributed by atoms with Crippen molar-refractivity contribution in [3.8, 4) is 5.75 Å². The molecular weight excluding hydrogens is 320 g/mol. The molecule has 9 heteroatoms. The maximum Gasteiger partial charge on any atom is 0.406 e. The highest BCUT2D eigenvalue weighted by Gasteiger charge is 2.34. The van der Waals surface area contributed by atoms with Crippen LogP contribution in [0.5, 0.6) is 5.75 Å². The molecule has 0 saturated carbocycles. The number of rotatable bonds is 6. The first kappa shape index (κ1) is 18.7. The van der Waals surface area contributed by atoms with Crippen molar-refractivity contribution >= 4 is 11.8 Å². The average Bonchev–Trinajstić information content (AvgIpc) is 2.43. The molecular formula is C14H16F4N2O3. The van der Waals surface area contributed by atoms with Crippen molar-refractivity contribution in [2.24, 2.45) is 0 Å². The van der Waals surface area contributed by atoms with Crippen LogP contribution < -0.4 is 4.74 Å². The molecule has 1 aromatic carbocycles. The molecule has 0 heterocycles. The fraction of sp³-hybridized carbons (Fsp3) is 0.429. The van der Waals surface area contributed by atoms with Crippen molar-refractivity contribution < 1.29 is 31.9 Å². The van der Waals surface area contributed by atoms with Crippen LogP contribution in [0.3, 0.4) is 0 Å². The van der Waals surface area contributed by atoms with Gasteiger partial charge in [-0.15, -0.1) is 0 Å². The van der Waals surface area contributed by atoms with Crippen LogP contribution in [0, 0.1) is 5.82 Å². The number of hydrogen-bond donors (Lipinski definition) is 0. The lowest BCUT2D eigenvalue weighted by molar-refractivity contribution is -0.165. The van der Waals surface area contributed by atoms with E-state index >= 15 is 0 Å². The molecule has 0 N–H and O–H groups in total. The number of amides is 2. The van der Waals surface area contributed by atoms with E-state index in [1.165, 1.54) is 32.3 Å². The summed E-state index contributed by atoms with van der Waals surface area (Å²) in [5.74, 6) is -2.74. The molecule has 2 amide bonds. The maximum atomic E-state index is 13.3. The summed E-state index contributed by atoms with van der Waals surface area (Å²) in [4.78, 5) is 24.8. The molecule has 0 atom stereocenters. The summed E-state index contributed by atoms with van der Waals surface area (Å²) in [5, 5.41) is 0. The summed E-state index contributed by atoms with van der Waals surface area (Å²) in [7, 11) is 2.71. The van der Waals surface area contributed by atoms with Crippen molar-refractivity contribution in [3.63, 3.8) is 0 Å². The van der Waals surface area contributed by atoms with E-state index in [0.717, 1.165) is 11.0 Å². The second-order valence-corrected chi connectivity index (χ2v) is 4.87. The predicted molar refractivity (Wildman–Crippen MR) is 73.2 cm³/mol. The summed E-state index contributed by atoms with van der Waals surface area (Å²) in [6, 6.07) is 5.17. The molecule has 0 saturated heterocycles. The summed E-state index contributed by atoms with van der Waals surface area (Å²) >= 11 is 0. The Hall–Kier alpha value is -2.32. The normalized spacial score (nSPS) is 11.0. The minimum absolute atomic E-state index is 0.258. The number of carbonyl (C=O) groups is 2. The molecule has 23 heavy (non-hydrogen) atoms. The highest BCUT2D eigenvalue weighted by molar-refractivity contribution is 5.85. The Morgan fingerprint density at radius 2 is 1.74 bits per heavy atom. The van der Waals surface area contributed by atoms with Gasteiger partial charge >= 0.3 is 6.18 Å². The van der Waals surface area contributed by atoms with Gasteiger partial charge in [-0.3, -0.25) is 9.59 Å². The van der Waals surface area contributed by atoms with Gasteiger partial charge in [0.2, 0.25) is 5.91 Å². The van der Waals surface area contributed by atoms with Gasteiger partial charge < -0.3 is 14.5 Å².